The minimum absolute atomic E-state index is 0.288. The normalized spacial score (nSPS) is 16.8. The molecule has 1 aliphatic heterocycles. The lowest BCUT2D eigenvalue weighted by atomic mass is 10.2. The van der Waals surface area contributed by atoms with Crippen LogP contribution in [0, 0.1) is 0 Å². The van der Waals surface area contributed by atoms with Crippen LogP contribution in [0.25, 0.3) is 0 Å². The van der Waals surface area contributed by atoms with Crippen molar-refractivity contribution in [3.05, 3.63) is 64.1 Å². The molecule has 2 aromatic carbocycles. The van der Waals surface area contributed by atoms with Crippen molar-refractivity contribution in [3.63, 3.8) is 0 Å². The van der Waals surface area contributed by atoms with Crippen molar-refractivity contribution in [2.45, 2.75) is 25.6 Å². The molecule has 0 unspecified atom stereocenters. The highest BCUT2D eigenvalue weighted by Crippen LogP contribution is 2.16. The van der Waals surface area contributed by atoms with Crippen LogP contribution in [0.1, 0.15) is 24.0 Å². The molecular formula is C19H20BrNO2S. The number of nitrogens with one attached hydrogen (secondary N) is 1. The van der Waals surface area contributed by atoms with E-state index in [1.807, 2.05) is 48.5 Å². The highest BCUT2D eigenvalue weighted by Gasteiger charge is 2.15. The summed E-state index contributed by atoms with van der Waals surface area (Å²) in [5.41, 5.74) is 2.13. The van der Waals surface area contributed by atoms with Crippen molar-refractivity contribution >= 4 is 33.1 Å². The summed E-state index contributed by atoms with van der Waals surface area (Å²) in [5, 5.41) is 3.28. The summed E-state index contributed by atoms with van der Waals surface area (Å²) in [5.74, 6) is 0.837. The van der Waals surface area contributed by atoms with Gasteiger partial charge in [-0.3, -0.25) is 0 Å². The summed E-state index contributed by atoms with van der Waals surface area (Å²) < 4.78 is 12.5. The van der Waals surface area contributed by atoms with Gasteiger partial charge in [0.05, 0.1) is 6.10 Å². The van der Waals surface area contributed by atoms with Crippen LogP contribution in [-0.4, -0.2) is 24.2 Å². The summed E-state index contributed by atoms with van der Waals surface area (Å²) in [4.78, 5) is 0.755. The van der Waals surface area contributed by atoms with Gasteiger partial charge in [-0.25, -0.2) is 0 Å². The molecule has 3 nitrogen and oxygen atoms in total. The van der Waals surface area contributed by atoms with Crippen molar-refractivity contribution in [1.82, 2.24) is 5.32 Å². The smallest absolute Gasteiger partial charge is 0.119 e. The predicted molar refractivity (Wildman–Crippen MR) is 104 cm³/mol. The summed E-state index contributed by atoms with van der Waals surface area (Å²) in [7, 11) is 0. The van der Waals surface area contributed by atoms with Gasteiger partial charge in [-0.2, -0.15) is 0 Å². The van der Waals surface area contributed by atoms with Gasteiger partial charge in [0.2, 0.25) is 0 Å². The Kier molecular flexibility index (Phi) is 6.24. The van der Waals surface area contributed by atoms with Crippen LogP contribution in [0.3, 0.4) is 0 Å². The maximum absolute atomic E-state index is 5.81. The van der Waals surface area contributed by atoms with E-state index < -0.39 is 0 Å². The number of ether oxygens (including phenoxy) is 2. The zero-order chi connectivity index (χ0) is 16.8. The van der Waals surface area contributed by atoms with Gasteiger partial charge in [0.1, 0.15) is 17.3 Å². The molecule has 1 saturated heterocycles. The van der Waals surface area contributed by atoms with E-state index in [2.05, 4.69) is 21.2 Å². The summed E-state index contributed by atoms with van der Waals surface area (Å²) in [6.07, 6.45) is 2.54. The highest BCUT2D eigenvalue weighted by molar-refractivity contribution is 9.10. The summed E-state index contributed by atoms with van der Waals surface area (Å²) in [6, 6.07) is 16.0. The predicted octanol–water partition coefficient (Wildman–Crippen LogP) is 4.47. The van der Waals surface area contributed by atoms with Gasteiger partial charge in [0, 0.05) is 23.2 Å². The van der Waals surface area contributed by atoms with E-state index in [1.54, 1.807) is 0 Å². The van der Waals surface area contributed by atoms with Crippen LogP contribution in [0.5, 0.6) is 5.75 Å². The third-order valence-corrected chi connectivity index (χ3v) is 4.86. The Bertz CT molecular complexity index is 667. The molecule has 0 bridgehead atoms. The molecular weight excluding hydrogens is 386 g/mol. The van der Waals surface area contributed by atoms with Crippen LogP contribution in [0.4, 0.5) is 0 Å². The average Bonchev–Trinajstić information content (AvgIpc) is 3.13. The molecule has 3 rings (SSSR count). The molecule has 24 heavy (non-hydrogen) atoms. The quantitative estimate of drug-likeness (QED) is 0.717. The van der Waals surface area contributed by atoms with E-state index in [0.717, 1.165) is 52.3 Å². The first kappa shape index (κ1) is 17.4. The molecule has 1 aliphatic rings. The van der Waals surface area contributed by atoms with Gasteiger partial charge in [0.15, 0.2) is 0 Å². The molecule has 1 fully saturated rings. The Hall–Kier alpha value is -1.43. The number of halogens is 1. The van der Waals surface area contributed by atoms with Gasteiger partial charge in [-0.15, -0.1) is 0 Å². The minimum atomic E-state index is 0.288. The van der Waals surface area contributed by atoms with E-state index in [4.69, 9.17) is 21.7 Å². The summed E-state index contributed by atoms with van der Waals surface area (Å²) >= 11 is 8.87. The second-order valence-corrected chi connectivity index (χ2v) is 7.11. The minimum Gasteiger partial charge on any atom is -0.489 e. The highest BCUT2D eigenvalue weighted by atomic mass is 79.9. The molecule has 1 heterocycles. The fourth-order valence-corrected chi connectivity index (χ4v) is 3.05. The first-order valence-corrected chi connectivity index (χ1v) is 9.28. The molecule has 0 spiro atoms. The molecule has 1 N–H and O–H groups in total. The van der Waals surface area contributed by atoms with Crippen LogP contribution >= 0.6 is 28.1 Å². The lowest BCUT2D eigenvalue weighted by Gasteiger charge is -2.13. The van der Waals surface area contributed by atoms with Gasteiger partial charge in [0.25, 0.3) is 0 Å². The second kappa shape index (κ2) is 8.60. The molecule has 0 aromatic heterocycles. The first-order chi connectivity index (χ1) is 11.7. The van der Waals surface area contributed by atoms with Crippen molar-refractivity contribution in [3.8, 4) is 5.75 Å². The van der Waals surface area contributed by atoms with Gasteiger partial charge < -0.3 is 14.8 Å². The van der Waals surface area contributed by atoms with Crippen molar-refractivity contribution < 1.29 is 9.47 Å². The SMILES string of the molecule is S=C(NC[C@@H]1CCCO1)c1ccc(OCc2ccc(Br)cc2)cc1. The van der Waals surface area contributed by atoms with Crippen molar-refractivity contribution in [2.75, 3.05) is 13.2 Å². The molecule has 5 heteroatoms. The first-order valence-electron chi connectivity index (χ1n) is 8.08. The molecule has 0 aliphatic carbocycles. The molecule has 1 atom stereocenters. The van der Waals surface area contributed by atoms with Crippen LogP contribution in [-0.2, 0) is 11.3 Å². The standard InChI is InChI=1S/C19H20BrNO2S/c20-16-7-3-14(4-8-16)13-23-17-9-5-15(6-10-17)19(24)21-12-18-2-1-11-22-18/h3-10,18H,1-2,11-13H2,(H,21,24)/t18-/m0/s1. The Balaban J connectivity index is 1.48. The average molecular weight is 406 g/mol. The third-order valence-electron chi connectivity index (χ3n) is 3.95. The third kappa shape index (κ3) is 5.03. The molecule has 0 amide bonds. The molecule has 126 valence electrons. The van der Waals surface area contributed by atoms with E-state index in [9.17, 15) is 0 Å². The molecule has 2 aromatic rings. The number of benzene rings is 2. The molecule has 0 radical (unpaired) electrons. The summed E-state index contributed by atoms with van der Waals surface area (Å²) in [6.45, 7) is 2.19. The van der Waals surface area contributed by atoms with E-state index >= 15 is 0 Å². The van der Waals surface area contributed by atoms with Crippen LogP contribution in [0.2, 0.25) is 0 Å². The van der Waals surface area contributed by atoms with Gasteiger partial charge in [-0.05, 0) is 54.8 Å². The van der Waals surface area contributed by atoms with Gasteiger partial charge in [-0.1, -0.05) is 40.3 Å². The maximum atomic E-state index is 5.81. The Labute approximate surface area is 156 Å². The van der Waals surface area contributed by atoms with Crippen molar-refractivity contribution in [2.24, 2.45) is 0 Å². The number of hydrogen-bond donors (Lipinski definition) is 1. The zero-order valence-electron chi connectivity index (χ0n) is 13.3. The van der Waals surface area contributed by atoms with Crippen molar-refractivity contribution in [1.29, 1.82) is 0 Å². The molecule has 0 saturated carbocycles. The monoisotopic (exact) mass is 405 g/mol. The van der Waals surface area contributed by atoms with E-state index in [1.165, 1.54) is 0 Å². The zero-order valence-corrected chi connectivity index (χ0v) is 15.7. The fraction of sp³-hybridized carbons (Fsp3) is 0.316. The lowest BCUT2D eigenvalue weighted by Crippen LogP contribution is -2.31. The van der Waals surface area contributed by atoms with Gasteiger partial charge >= 0.3 is 0 Å². The van der Waals surface area contributed by atoms with E-state index in [0.29, 0.717) is 6.61 Å². The Morgan fingerprint density at radius 3 is 2.58 bits per heavy atom. The maximum Gasteiger partial charge on any atom is 0.119 e. The topological polar surface area (TPSA) is 30.5 Å². The number of rotatable bonds is 6. The lowest BCUT2D eigenvalue weighted by molar-refractivity contribution is 0.114. The number of thiocarbonyl (C=S) groups is 1. The second-order valence-electron chi connectivity index (χ2n) is 5.78. The largest absolute Gasteiger partial charge is 0.489 e. The van der Waals surface area contributed by atoms with Crippen LogP contribution < -0.4 is 10.1 Å². The Morgan fingerprint density at radius 1 is 1.17 bits per heavy atom. The Morgan fingerprint density at radius 2 is 1.92 bits per heavy atom. The fourth-order valence-electron chi connectivity index (χ4n) is 2.56. The van der Waals surface area contributed by atoms with E-state index in [-0.39, 0.29) is 6.10 Å². The van der Waals surface area contributed by atoms with Crippen LogP contribution in [0.15, 0.2) is 53.0 Å². The number of hydrogen-bond acceptors (Lipinski definition) is 3.